The molecule has 0 radical (unpaired) electrons. The maximum atomic E-state index is 14.5. The standard InChI is InChI=1S/C51H94N18O14/c1-29(2)41(50(83)66-35(19-20-39(71)72)47(80)67-36(42(57)75)27-40(73)74)68-48(81)33(16-6-10-24-55)63-46(79)34(17-11-25-60-51(58)59)64-44(77)31(14-4-8-22-53)61-43(76)30(13-3-7-21-52)62-45(78)32(15-5-9-23-54)65-49(82)37-18-12-26-69(37)38(70)28-56/h29-37,41H,3-28,52-56H2,1-2H3,(H2,57,75)(H,61,76)(H,62,78)(H,63,79)(H,64,77)(H,65,82)(H,66,83)(H,67,80)(H,68,81)(H,71,72)(H,73,74)(H4,58,59,60)/t30-,31-,32-,33-,34-,35-,36-,37-,41-/m0/s1. The fourth-order valence-corrected chi connectivity index (χ4v) is 8.89. The van der Waals surface area contributed by atoms with E-state index in [1.807, 2.05) is 0 Å². The summed E-state index contributed by atoms with van der Waals surface area (Å²) in [5.41, 5.74) is 45.0. The smallest absolute Gasteiger partial charge is 0.305 e. The number of carbonyl (C=O) groups is 12. The Morgan fingerprint density at radius 3 is 1.22 bits per heavy atom. The Bertz CT molecular complexity index is 2170. The lowest BCUT2D eigenvalue weighted by Crippen LogP contribution is -2.61. The highest BCUT2D eigenvalue weighted by molar-refractivity contribution is 5.99. The Labute approximate surface area is 483 Å². The summed E-state index contributed by atoms with van der Waals surface area (Å²) in [7, 11) is 0. The van der Waals surface area contributed by atoms with E-state index in [1.165, 1.54) is 18.7 Å². The van der Waals surface area contributed by atoms with Gasteiger partial charge in [0.05, 0.1) is 13.0 Å². The van der Waals surface area contributed by atoms with Crippen molar-refractivity contribution in [2.75, 3.05) is 45.8 Å². The van der Waals surface area contributed by atoms with Crippen LogP contribution >= 0.6 is 0 Å². The van der Waals surface area contributed by atoms with Gasteiger partial charge in [0.2, 0.25) is 59.1 Å². The first-order valence-electron chi connectivity index (χ1n) is 28.4. The Hall–Kier alpha value is -7.29. The van der Waals surface area contributed by atoms with Gasteiger partial charge in [0.25, 0.3) is 0 Å². The van der Waals surface area contributed by atoms with Gasteiger partial charge in [-0.2, -0.15) is 0 Å². The predicted molar refractivity (Wildman–Crippen MR) is 304 cm³/mol. The number of nitrogens with one attached hydrogen (secondary N) is 8. The maximum Gasteiger partial charge on any atom is 0.305 e. The van der Waals surface area contributed by atoms with Crippen LogP contribution in [0, 0.1) is 5.92 Å². The summed E-state index contributed by atoms with van der Waals surface area (Å²) in [6.07, 6.45) is 2.10. The normalized spacial score (nSPS) is 15.8. The van der Waals surface area contributed by atoms with Crippen molar-refractivity contribution >= 4 is 77.0 Å². The number of aliphatic carboxylic acids is 2. The molecule has 0 unspecified atom stereocenters. The van der Waals surface area contributed by atoms with Crippen LogP contribution < -0.4 is 88.4 Å². The zero-order valence-corrected chi connectivity index (χ0v) is 48.0. The maximum absolute atomic E-state index is 14.5. The molecule has 0 aromatic heterocycles. The summed E-state index contributed by atoms with van der Waals surface area (Å²) in [6, 6.07) is -12.3. The first-order valence-corrected chi connectivity index (χ1v) is 28.4. The van der Waals surface area contributed by atoms with Crippen molar-refractivity contribution in [3.05, 3.63) is 0 Å². The zero-order chi connectivity index (χ0) is 62.6. The molecule has 1 fully saturated rings. The lowest BCUT2D eigenvalue weighted by atomic mass is 10.00. The van der Waals surface area contributed by atoms with Crippen LogP contribution in [0.5, 0.6) is 0 Å². The molecule has 32 nitrogen and oxygen atoms in total. The summed E-state index contributed by atoms with van der Waals surface area (Å²) < 4.78 is 0. The SMILES string of the molecule is CC(C)[C@H](NC(=O)[C@H](CCCCN)NC(=O)[C@H](CCCN=C(N)N)NC(=O)[C@H](CCCCN)NC(=O)[C@H](CCCCN)NC(=O)[C@H](CCCCN)NC(=O)[C@@H]1CCCN1C(=O)CN)C(=O)N[C@@H](CCC(=O)O)C(=O)N[C@@H](CC(=O)O)C(N)=O. The van der Waals surface area contributed by atoms with E-state index in [-0.39, 0.29) is 83.6 Å². The summed E-state index contributed by atoms with van der Waals surface area (Å²) in [6.45, 7) is 4.08. The second kappa shape index (κ2) is 40.8. The number of unbranched alkanes of at least 4 members (excludes halogenated alkanes) is 4. The molecule has 83 heavy (non-hydrogen) atoms. The Kier molecular flexibility index (Phi) is 36.3. The van der Waals surface area contributed by atoms with Crippen LogP contribution in [-0.2, 0) is 57.5 Å². The topological polar surface area (TPSA) is 565 Å². The predicted octanol–water partition coefficient (Wildman–Crippen LogP) is -6.14. The van der Waals surface area contributed by atoms with E-state index in [0.717, 1.165) is 0 Å². The van der Waals surface area contributed by atoms with Crippen molar-refractivity contribution in [1.82, 2.24) is 47.4 Å². The number of hydrogen-bond acceptors (Lipinski definition) is 18. The number of nitrogens with zero attached hydrogens (tertiary/aromatic N) is 2. The number of aliphatic imine (C=N–C) groups is 1. The molecule has 0 aliphatic carbocycles. The van der Waals surface area contributed by atoms with Gasteiger partial charge < -0.3 is 104 Å². The van der Waals surface area contributed by atoms with E-state index in [0.29, 0.717) is 70.9 Å². The number of carboxylic acid groups (broad SMARTS) is 2. The van der Waals surface area contributed by atoms with E-state index in [1.54, 1.807) is 0 Å². The number of primary amides is 1. The van der Waals surface area contributed by atoms with Gasteiger partial charge in [-0.05, 0) is 141 Å². The van der Waals surface area contributed by atoms with Crippen molar-refractivity contribution in [2.24, 2.45) is 56.8 Å². The molecule has 9 atom stereocenters. The monoisotopic (exact) mass is 1180 g/mol. The number of carbonyl (C=O) groups excluding carboxylic acids is 10. The molecule has 32 heteroatoms. The highest BCUT2D eigenvalue weighted by Gasteiger charge is 2.38. The highest BCUT2D eigenvalue weighted by atomic mass is 16.4. The minimum absolute atomic E-state index is 0.00105. The quantitative estimate of drug-likeness (QED) is 0.0153. The summed E-state index contributed by atoms with van der Waals surface area (Å²) in [5.74, 6) is -12.3. The average Bonchev–Trinajstić information content (AvgIpc) is 4.03. The van der Waals surface area contributed by atoms with Gasteiger partial charge in [-0.15, -0.1) is 0 Å². The molecule has 472 valence electrons. The molecule has 26 N–H and O–H groups in total. The van der Waals surface area contributed by atoms with Crippen molar-refractivity contribution in [3.63, 3.8) is 0 Å². The lowest BCUT2D eigenvalue weighted by Gasteiger charge is -2.29. The Morgan fingerprint density at radius 1 is 0.482 bits per heavy atom. The number of carboxylic acids is 2. The number of likely N-dealkylation sites (tertiary alicyclic amines) is 1. The summed E-state index contributed by atoms with van der Waals surface area (Å²) in [5, 5.41) is 39.2. The van der Waals surface area contributed by atoms with E-state index in [4.69, 9.17) is 45.9 Å². The molecule has 0 bridgehead atoms. The van der Waals surface area contributed by atoms with Crippen molar-refractivity contribution in [1.29, 1.82) is 0 Å². The molecular formula is C51H94N18O14. The van der Waals surface area contributed by atoms with Gasteiger partial charge in [0.1, 0.15) is 54.4 Å². The van der Waals surface area contributed by atoms with Gasteiger partial charge in [-0.25, -0.2) is 0 Å². The van der Waals surface area contributed by atoms with Crippen LogP contribution in [0.25, 0.3) is 0 Å². The van der Waals surface area contributed by atoms with Crippen LogP contribution in [0.3, 0.4) is 0 Å². The molecule has 1 heterocycles. The molecule has 1 aliphatic heterocycles. The first-order chi connectivity index (χ1) is 39.3. The van der Waals surface area contributed by atoms with Crippen molar-refractivity contribution in [2.45, 2.75) is 190 Å². The van der Waals surface area contributed by atoms with E-state index < -0.39 is 151 Å². The molecular weight excluding hydrogens is 1090 g/mol. The zero-order valence-electron chi connectivity index (χ0n) is 48.0. The Balaban J connectivity index is 3.64. The van der Waals surface area contributed by atoms with Crippen LogP contribution in [0.2, 0.25) is 0 Å². The van der Waals surface area contributed by atoms with Crippen molar-refractivity contribution in [3.8, 4) is 0 Å². The van der Waals surface area contributed by atoms with Crippen molar-refractivity contribution < 1.29 is 67.7 Å². The van der Waals surface area contributed by atoms with Crippen LogP contribution in [0.15, 0.2) is 4.99 Å². The lowest BCUT2D eigenvalue weighted by molar-refractivity contribution is -0.140. The first kappa shape index (κ1) is 73.7. The molecule has 1 saturated heterocycles. The minimum Gasteiger partial charge on any atom is -0.481 e. The van der Waals surface area contributed by atoms with E-state index in [9.17, 15) is 67.7 Å². The number of nitrogens with two attached hydrogens (primary N) is 8. The Morgan fingerprint density at radius 2 is 0.855 bits per heavy atom. The third-order valence-electron chi connectivity index (χ3n) is 13.5. The van der Waals surface area contributed by atoms with Gasteiger partial charge in [-0.1, -0.05) is 13.8 Å². The molecule has 10 amide bonds. The van der Waals surface area contributed by atoms with Crippen LogP contribution in [0.4, 0.5) is 0 Å². The fraction of sp³-hybridized carbons (Fsp3) is 0.745. The highest BCUT2D eigenvalue weighted by Crippen LogP contribution is 2.19. The van der Waals surface area contributed by atoms with Gasteiger partial charge in [0.15, 0.2) is 5.96 Å². The number of rotatable bonds is 44. The summed E-state index contributed by atoms with van der Waals surface area (Å²) in [4.78, 5) is 165. The van der Waals surface area contributed by atoms with Gasteiger partial charge in [-0.3, -0.25) is 62.5 Å². The molecule has 0 aromatic carbocycles. The van der Waals surface area contributed by atoms with Crippen LogP contribution in [-0.4, -0.2) is 192 Å². The van der Waals surface area contributed by atoms with Gasteiger partial charge >= 0.3 is 11.9 Å². The fourth-order valence-electron chi connectivity index (χ4n) is 8.89. The number of guanidine groups is 1. The minimum atomic E-state index is -1.72. The molecule has 0 aromatic rings. The second-order valence-electron chi connectivity index (χ2n) is 20.6. The second-order valence-corrected chi connectivity index (χ2v) is 20.6. The third kappa shape index (κ3) is 29.0. The number of amides is 10. The largest absolute Gasteiger partial charge is 0.481 e. The molecule has 1 aliphatic rings. The third-order valence-corrected chi connectivity index (χ3v) is 13.5. The molecule has 1 rings (SSSR count). The summed E-state index contributed by atoms with van der Waals surface area (Å²) >= 11 is 0. The molecule has 0 spiro atoms. The van der Waals surface area contributed by atoms with Crippen LogP contribution in [0.1, 0.15) is 136 Å². The average molecular weight is 1180 g/mol. The van der Waals surface area contributed by atoms with Gasteiger partial charge in [0, 0.05) is 19.5 Å². The van der Waals surface area contributed by atoms with E-state index >= 15 is 0 Å². The molecule has 0 saturated carbocycles. The number of hydrogen-bond donors (Lipinski definition) is 18. The van der Waals surface area contributed by atoms with E-state index in [2.05, 4.69) is 47.5 Å².